The molecule has 0 amide bonds. The molecule has 0 saturated carbocycles. The van der Waals surface area contributed by atoms with E-state index in [2.05, 4.69) is 11.8 Å². The summed E-state index contributed by atoms with van der Waals surface area (Å²) in [6.07, 6.45) is 0.959. The smallest absolute Gasteiger partial charge is 0.308 e. The van der Waals surface area contributed by atoms with Gasteiger partial charge in [-0.25, -0.2) is 0 Å². The summed E-state index contributed by atoms with van der Waals surface area (Å²) in [5.41, 5.74) is 0. The van der Waals surface area contributed by atoms with Crippen molar-refractivity contribution in [1.29, 1.82) is 0 Å². The molecule has 76 valence electrons. The lowest BCUT2D eigenvalue weighted by Gasteiger charge is -2.13. The summed E-state index contributed by atoms with van der Waals surface area (Å²) in [4.78, 5) is 0. The molecular weight excluding hydrogens is 187 g/mol. The molecule has 0 heterocycles. The Bertz CT molecular complexity index is 217. The molecule has 4 heteroatoms. The van der Waals surface area contributed by atoms with Crippen molar-refractivity contribution in [3.05, 3.63) is 0 Å². The van der Waals surface area contributed by atoms with Crippen molar-refractivity contribution in [2.45, 2.75) is 27.2 Å². The molecule has 0 N–H and O–H groups in total. The molecule has 0 saturated heterocycles. The maximum absolute atomic E-state index is 11.7. The maximum atomic E-state index is 11.7. The Morgan fingerprint density at radius 2 is 1.62 bits per heavy atom. The first-order valence-electron chi connectivity index (χ1n) is 4.52. The zero-order chi connectivity index (χ0) is 10.2. The quantitative estimate of drug-likeness (QED) is 0.510. The fourth-order valence-corrected chi connectivity index (χ4v) is 2.15. The van der Waals surface area contributed by atoms with E-state index in [9.17, 15) is 4.57 Å². The second kappa shape index (κ2) is 7.15. The molecule has 0 aromatic carbocycles. The van der Waals surface area contributed by atoms with Crippen LogP contribution in [-0.2, 0) is 13.6 Å². The van der Waals surface area contributed by atoms with Gasteiger partial charge >= 0.3 is 7.60 Å². The molecule has 0 aliphatic heterocycles. The SMILES string of the molecule is CCC#CCP(=O)(OCC)OCC. The molecule has 0 aliphatic carbocycles. The van der Waals surface area contributed by atoms with E-state index < -0.39 is 7.60 Å². The van der Waals surface area contributed by atoms with Gasteiger partial charge in [0.05, 0.1) is 13.2 Å². The lowest BCUT2D eigenvalue weighted by Crippen LogP contribution is -1.98. The molecule has 0 unspecified atom stereocenters. The molecule has 13 heavy (non-hydrogen) atoms. The van der Waals surface area contributed by atoms with Crippen molar-refractivity contribution < 1.29 is 13.6 Å². The maximum Gasteiger partial charge on any atom is 0.342 e. The first-order valence-corrected chi connectivity index (χ1v) is 6.25. The Morgan fingerprint density at radius 1 is 1.08 bits per heavy atom. The van der Waals surface area contributed by atoms with Crippen LogP contribution < -0.4 is 0 Å². The van der Waals surface area contributed by atoms with E-state index >= 15 is 0 Å². The molecule has 0 fully saturated rings. The van der Waals surface area contributed by atoms with Crippen LogP contribution in [0.3, 0.4) is 0 Å². The highest BCUT2D eigenvalue weighted by molar-refractivity contribution is 7.54. The molecule has 0 aromatic rings. The summed E-state index contributed by atoms with van der Waals surface area (Å²) in [6, 6.07) is 0. The van der Waals surface area contributed by atoms with Gasteiger partial charge in [0.15, 0.2) is 0 Å². The van der Waals surface area contributed by atoms with E-state index in [0.29, 0.717) is 13.2 Å². The molecule has 3 nitrogen and oxygen atoms in total. The fourth-order valence-electron chi connectivity index (χ4n) is 0.800. The predicted octanol–water partition coefficient (Wildman–Crippen LogP) is 2.67. The van der Waals surface area contributed by atoms with Crippen molar-refractivity contribution in [1.82, 2.24) is 0 Å². The highest BCUT2D eigenvalue weighted by Gasteiger charge is 2.21. The van der Waals surface area contributed by atoms with Crippen LogP contribution in [0.25, 0.3) is 0 Å². The Kier molecular flexibility index (Phi) is 6.99. The minimum absolute atomic E-state index is 0.197. The van der Waals surface area contributed by atoms with Gasteiger partial charge in [-0.05, 0) is 13.8 Å². The highest BCUT2D eigenvalue weighted by Crippen LogP contribution is 2.47. The summed E-state index contributed by atoms with van der Waals surface area (Å²) in [5, 5.41) is 0. The zero-order valence-corrected chi connectivity index (χ0v) is 9.39. The van der Waals surface area contributed by atoms with E-state index in [-0.39, 0.29) is 6.16 Å². The molecule has 0 bridgehead atoms. The summed E-state index contributed by atoms with van der Waals surface area (Å²) in [7, 11) is -2.92. The Morgan fingerprint density at radius 3 is 2.00 bits per heavy atom. The first kappa shape index (κ1) is 12.7. The van der Waals surface area contributed by atoms with Gasteiger partial charge in [-0.15, -0.1) is 5.92 Å². The molecule has 0 atom stereocenters. The largest absolute Gasteiger partial charge is 0.342 e. The fraction of sp³-hybridized carbons (Fsp3) is 0.778. The minimum Gasteiger partial charge on any atom is -0.308 e. The molecule has 0 aliphatic rings. The topological polar surface area (TPSA) is 35.5 Å². The van der Waals surface area contributed by atoms with Gasteiger partial charge in [0, 0.05) is 6.42 Å². The lowest BCUT2D eigenvalue weighted by molar-refractivity contribution is 0.223. The number of hydrogen-bond donors (Lipinski definition) is 0. The van der Waals surface area contributed by atoms with Crippen LogP contribution in [0.15, 0.2) is 0 Å². The average Bonchev–Trinajstić information content (AvgIpc) is 2.05. The second-order valence-electron chi connectivity index (χ2n) is 2.31. The van der Waals surface area contributed by atoms with Crippen LogP contribution in [0.5, 0.6) is 0 Å². The monoisotopic (exact) mass is 204 g/mol. The summed E-state index contributed by atoms with van der Waals surface area (Å²) < 4.78 is 21.8. The molecule has 0 spiro atoms. The molecule has 0 aromatic heterocycles. The summed E-state index contributed by atoms with van der Waals surface area (Å²) in [6.45, 7) is 6.31. The predicted molar refractivity (Wildman–Crippen MR) is 53.8 cm³/mol. The van der Waals surface area contributed by atoms with E-state index in [0.717, 1.165) is 6.42 Å². The Balaban J connectivity index is 4.15. The third-order valence-corrected chi connectivity index (χ3v) is 3.07. The van der Waals surface area contributed by atoms with Gasteiger partial charge in [-0.1, -0.05) is 12.8 Å². The van der Waals surface area contributed by atoms with Crippen LogP contribution in [0.1, 0.15) is 27.2 Å². The standard InChI is InChI=1S/C9H17O3P/c1-4-7-8-9-13(10,11-5-2)12-6-3/h4-6,9H2,1-3H3. The van der Waals surface area contributed by atoms with Gasteiger partial charge in [0.25, 0.3) is 0 Å². The third-order valence-electron chi connectivity index (χ3n) is 1.23. The van der Waals surface area contributed by atoms with Crippen molar-refractivity contribution in [2.75, 3.05) is 19.4 Å². The van der Waals surface area contributed by atoms with E-state index in [1.165, 1.54) is 0 Å². The van der Waals surface area contributed by atoms with Crippen molar-refractivity contribution in [3.8, 4) is 11.8 Å². The van der Waals surface area contributed by atoms with Crippen LogP contribution in [-0.4, -0.2) is 19.4 Å². The molecule has 0 radical (unpaired) electrons. The van der Waals surface area contributed by atoms with Gasteiger partial charge in [-0.3, -0.25) is 4.57 Å². The lowest BCUT2D eigenvalue weighted by atomic mass is 10.5. The van der Waals surface area contributed by atoms with Crippen LogP contribution in [0.2, 0.25) is 0 Å². The van der Waals surface area contributed by atoms with Crippen molar-refractivity contribution in [3.63, 3.8) is 0 Å². The first-order chi connectivity index (χ1) is 6.18. The average molecular weight is 204 g/mol. The summed E-state index contributed by atoms with van der Waals surface area (Å²) >= 11 is 0. The Hall–Kier alpha value is -0.290. The number of rotatable bonds is 5. The van der Waals surface area contributed by atoms with Gasteiger partial charge in [0.2, 0.25) is 0 Å². The summed E-state index contributed by atoms with van der Waals surface area (Å²) in [5.74, 6) is 5.62. The van der Waals surface area contributed by atoms with Crippen molar-refractivity contribution >= 4 is 7.60 Å². The van der Waals surface area contributed by atoms with Gasteiger partial charge < -0.3 is 9.05 Å². The van der Waals surface area contributed by atoms with Crippen LogP contribution >= 0.6 is 7.60 Å². The zero-order valence-electron chi connectivity index (χ0n) is 8.50. The minimum atomic E-state index is -2.92. The van der Waals surface area contributed by atoms with Crippen LogP contribution in [0, 0.1) is 11.8 Å². The van der Waals surface area contributed by atoms with Gasteiger partial charge in [-0.2, -0.15) is 0 Å². The van der Waals surface area contributed by atoms with E-state index in [1.807, 2.05) is 6.92 Å². The van der Waals surface area contributed by atoms with E-state index in [1.54, 1.807) is 13.8 Å². The van der Waals surface area contributed by atoms with E-state index in [4.69, 9.17) is 9.05 Å². The molecular formula is C9H17O3P. The second-order valence-corrected chi connectivity index (χ2v) is 4.37. The number of hydrogen-bond acceptors (Lipinski definition) is 3. The van der Waals surface area contributed by atoms with Crippen molar-refractivity contribution in [2.24, 2.45) is 0 Å². The molecule has 0 rings (SSSR count). The third kappa shape index (κ3) is 5.87. The highest BCUT2D eigenvalue weighted by atomic mass is 31.2. The Labute approximate surface area is 80.3 Å². The van der Waals surface area contributed by atoms with Crippen LogP contribution in [0.4, 0.5) is 0 Å². The normalized spacial score (nSPS) is 10.7. The van der Waals surface area contributed by atoms with Gasteiger partial charge in [0.1, 0.15) is 6.16 Å².